The quantitative estimate of drug-likeness (QED) is 0.857. The molecule has 1 saturated heterocycles. The molecule has 0 bridgehead atoms. The van der Waals surface area contributed by atoms with Crippen LogP contribution in [0.2, 0.25) is 0 Å². The van der Waals surface area contributed by atoms with Gasteiger partial charge in [-0.25, -0.2) is 8.78 Å². The molecule has 1 aromatic rings. The molecule has 3 rings (SSSR count). The third-order valence-corrected chi connectivity index (χ3v) is 4.42. The molecule has 0 spiro atoms. The monoisotopic (exact) mass is 312 g/mol. The number of carbonyl (C=O) groups is 2. The summed E-state index contributed by atoms with van der Waals surface area (Å²) in [7, 11) is 0. The smallest absolute Gasteiger partial charge is 0.274 e. The minimum atomic E-state index is -2.83. The molecule has 0 aliphatic carbocycles. The minimum Gasteiger partial charge on any atom is -0.338 e. The van der Waals surface area contributed by atoms with Crippen molar-refractivity contribution in [3.05, 3.63) is 17.0 Å². The van der Waals surface area contributed by atoms with Crippen LogP contribution < -0.4 is 0 Å². The number of amides is 2. The normalized spacial score (nSPS) is 23.5. The van der Waals surface area contributed by atoms with Crippen molar-refractivity contribution in [2.45, 2.75) is 38.2 Å². The highest BCUT2D eigenvalue weighted by atomic mass is 19.3. The van der Waals surface area contributed by atoms with Crippen LogP contribution in [0.3, 0.4) is 0 Å². The molecule has 2 aliphatic heterocycles. The number of alkyl halides is 2. The summed E-state index contributed by atoms with van der Waals surface area (Å²) in [5, 5.41) is 6.89. The first-order chi connectivity index (χ1) is 10.5. The molecule has 120 valence electrons. The molecule has 0 aromatic carbocycles. The average molecular weight is 312 g/mol. The van der Waals surface area contributed by atoms with Crippen LogP contribution in [0.4, 0.5) is 8.78 Å². The SMILES string of the molecule is CCC1c2c(C(=O)N3CCC(F)(F)C3)n[nH]c2CCN1C=O. The molecule has 1 unspecified atom stereocenters. The Kier molecular flexibility index (Phi) is 3.62. The van der Waals surface area contributed by atoms with Gasteiger partial charge in [-0.05, 0) is 6.42 Å². The van der Waals surface area contributed by atoms with E-state index in [1.165, 1.54) is 0 Å². The van der Waals surface area contributed by atoms with E-state index in [0.717, 1.165) is 17.0 Å². The summed E-state index contributed by atoms with van der Waals surface area (Å²) in [5.41, 5.74) is 1.67. The lowest BCUT2D eigenvalue weighted by molar-refractivity contribution is -0.120. The molecule has 0 saturated carbocycles. The fourth-order valence-electron chi connectivity index (χ4n) is 3.29. The highest BCUT2D eigenvalue weighted by Crippen LogP contribution is 2.34. The summed E-state index contributed by atoms with van der Waals surface area (Å²) in [4.78, 5) is 26.5. The zero-order chi connectivity index (χ0) is 15.9. The lowest BCUT2D eigenvalue weighted by Crippen LogP contribution is -2.37. The van der Waals surface area contributed by atoms with E-state index in [1.54, 1.807) is 4.90 Å². The van der Waals surface area contributed by atoms with E-state index >= 15 is 0 Å². The first-order valence-corrected chi connectivity index (χ1v) is 7.42. The maximum absolute atomic E-state index is 13.3. The van der Waals surface area contributed by atoms with Crippen LogP contribution in [0.15, 0.2) is 0 Å². The van der Waals surface area contributed by atoms with Crippen molar-refractivity contribution >= 4 is 12.3 Å². The Bertz CT molecular complexity index is 602. The molecule has 8 heteroatoms. The van der Waals surface area contributed by atoms with Crippen molar-refractivity contribution in [1.29, 1.82) is 0 Å². The first-order valence-electron chi connectivity index (χ1n) is 7.42. The molecular formula is C14H18F2N4O2. The van der Waals surface area contributed by atoms with Gasteiger partial charge >= 0.3 is 0 Å². The summed E-state index contributed by atoms with van der Waals surface area (Å²) in [6, 6.07) is -0.234. The number of hydrogen-bond donors (Lipinski definition) is 1. The van der Waals surface area contributed by atoms with E-state index in [1.807, 2.05) is 6.92 Å². The Hall–Kier alpha value is -1.99. The molecule has 2 aliphatic rings. The number of aromatic amines is 1. The number of hydrogen-bond acceptors (Lipinski definition) is 3. The topological polar surface area (TPSA) is 69.3 Å². The van der Waals surface area contributed by atoms with Crippen molar-refractivity contribution in [1.82, 2.24) is 20.0 Å². The van der Waals surface area contributed by atoms with Crippen molar-refractivity contribution in [2.24, 2.45) is 0 Å². The summed E-state index contributed by atoms with van der Waals surface area (Å²) in [6.07, 6.45) is 1.67. The van der Waals surface area contributed by atoms with Crippen molar-refractivity contribution < 1.29 is 18.4 Å². The van der Waals surface area contributed by atoms with Gasteiger partial charge in [0.05, 0.1) is 12.6 Å². The number of H-pyrrole nitrogens is 1. The summed E-state index contributed by atoms with van der Waals surface area (Å²) >= 11 is 0. The number of halogens is 2. The fraction of sp³-hybridized carbons (Fsp3) is 0.643. The molecule has 1 aromatic heterocycles. The highest BCUT2D eigenvalue weighted by molar-refractivity contribution is 5.94. The van der Waals surface area contributed by atoms with Gasteiger partial charge in [-0.3, -0.25) is 14.7 Å². The van der Waals surface area contributed by atoms with Gasteiger partial charge in [-0.2, -0.15) is 5.10 Å². The third-order valence-electron chi connectivity index (χ3n) is 4.42. The number of aromatic nitrogens is 2. The number of carbonyl (C=O) groups excluding carboxylic acids is 2. The van der Waals surface area contributed by atoms with Gasteiger partial charge in [0.25, 0.3) is 11.8 Å². The lowest BCUT2D eigenvalue weighted by Gasteiger charge is -2.32. The van der Waals surface area contributed by atoms with Crippen LogP contribution in [0.25, 0.3) is 0 Å². The van der Waals surface area contributed by atoms with Gasteiger partial charge in [0.15, 0.2) is 5.69 Å². The summed E-state index contributed by atoms with van der Waals surface area (Å²) in [5.74, 6) is -3.31. The highest BCUT2D eigenvalue weighted by Gasteiger charge is 2.42. The van der Waals surface area contributed by atoms with Gasteiger partial charge in [0.1, 0.15) is 0 Å². The van der Waals surface area contributed by atoms with E-state index in [-0.39, 0.29) is 24.7 Å². The summed E-state index contributed by atoms with van der Waals surface area (Å²) < 4.78 is 26.6. The Balaban J connectivity index is 1.92. The van der Waals surface area contributed by atoms with Crippen LogP contribution in [-0.2, 0) is 11.2 Å². The maximum Gasteiger partial charge on any atom is 0.274 e. The van der Waals surface area contributed by atoms with Gasteiger partial charge < -0.3 is 9.80 Å². The van der Waals surface area contributed by atoms with E-state index in [4.69, 9.17) is 0 Å². The van der Waals surface area contributed by atoms with E-state index in [0.29, 0.717) is 24.9 Å². The second-order valence-corrected chi connectivity index (χ2v) is 5.81. The largest absolute Gasteiger partial charge is 0.338 e. The molecular weight excluding hydrogens is 294 g/mol. The maximum atomic E-state index is 13.3. The first kappa shape index (κ1) is 14.9. The fourth-order valence-corrected chi connectivity index (χ4v) is 3.29. The van der Waals surface area contributed by atoms with Gasteiger partial charge in [0, 0.05) is 37.2 Å². The molecule has 1 atom stereocenters. The predicted octanol–water partition coefficient (Wildman–Crippen LogP) is 1.36. The third kappa shape index (κ3) is 2.36. The van der Waals surface area contributed by atoms with Crippen molar-refractivity contribution in [3.8, 4) is 0 Å². The minimum absolute atomic E-state index is 0.0294. The van der Waals surface area contributed by atoms with E-state index < -0.39 is 18.4 Å². The molecule has 1 fully saturated rings. The second-order valence-electron chi connectivity index (χ2n) is 5.81. The number of nitrogens with one attached hydrogen (secondary N) is 1. The molecule has 3 heterocycles. The Morgan fingerprint density at radius 2 is 2.27 bits per heavy atom. The zero-order valence-electron chi connectivity index (χ0n) is 12.3. The van der Waals surface area contributed by atoms with Gasteiger partial charge in [0.2, 0.25) is 6.41 Å². The van der Waals surface area contributed by atoms with Gasteiger partial charge in [-0.15, -0.1) is 0 Å². The Morgan fingerprint density at radius 3 is 2.86 bits per heavy atom. The van der Waals surface area contributed by atoms with Crippen LogP contribution in [0, 0.1) is 0 Å². The Labute approximate surface area is 126 Å². The Morgan fingerprint density at radius 1 is 1.50 bits per heavy atom. The van der Waals surface area contributed by atoms with Crippen LogP contribution in [-0.4, -0.2) is 57.9 Å². The molecule has 6 nitrogen and oxygen atoms in total. The number of rotatable bonds is 3. The lowest BCUT2D eigenvalue weighted by atomic mass is 9.94. The number of fused-ring (bicyclic) bond motifs is 1. The second kappa shape index (κ2) is 5.33. The van der Waals surface area contributed by atoms with Crippen LogP contribution in [0.5, 0.6) is 0 Å². The molecule has 0 radical (unpaired) electrons. The molecule has 2 amide bonds. The average Bonchev–Trinajstić information content (AvgIpc) is 3.08. The molecule has 22 heavy (non-hydrogen) atoms. The number of likely N-dealkylation sites (tertiary alicyclic amines) is 1. The number of nitrogens with zero attached hydrogens (tertiary/aromatic N) is 3. The predicted molar refractivity (Wildman–Crippen MR) is 73.6 cm³/mol. The van der Waals surface area contributed by atoms with Gasteiger partial charge in [-0.1, -0.05) is 6.92 Å². The van der Waals surface area contributed by atoms with Crippen molar-refractivity contribution in [2.75, 3.05) is 19.6 Å². The molecule has 1 N–H and O–H groups in total. The zero-order valence-corrected chi connectivity index (χ0v) is 12.3. The summed E-state index contributed by atoms with van der Waals surface area (Å²) in [6.45, 7) is 1.94. The van der Waals surface area contributed by atoms with Crippen molar-refractivity contribution in [3.63, 3.8) is 0 Å². The van der Waals surface area contributed by atoms with Crippen LogP contribution >= 0.6 is 0 Å². The van der Waals surface area contributed by atoms with E-state index in [2.05, 4.69) is 10.2 Å². The van der Waals surface area contributed by atoms with E-state index in [9.17, 15) is 18.4 Å². The standard InChI is InChI=1S/C14H18F2N4O2/c1-2-10-11-9(3-5-20(10)8-21)17-18-12(11)13(22)19-6-4-14(15,16)7-19/h8,10H,2-7H2,1H3,(H,17,18). The van der Waals surface area contributed by atoms with Crippen LogP contribution in [0.1, 0.15) is 47.6 Å².